The number of thioether (sulfide) groups is 1. The predicted octanol–water partition coefficient (Wildman–Crippen LogP) is 6.02. The van der Waals surface area contributed by atoms with Gasteiger partial charge in [0.05, 0.1) is 41.9 Å². The minimum atomic E-state index is -1.08. The van der Waals surface area contributed by atoms with Gasteiger partial charge in [-0.05, 0) is 55.4 Å². The van der Waals surface area contributed by atoms with Gasteiger partial charge in [-0.2, -0.15) is 4.98 Å². The molecule has 1 aliphatic carbocycles. The molecule has 0 bridgehead atoms. The monoisotopic (exact) mass is 581 g/mol. The number of benzene rings is 2. The highest BCUT2D eigenvalue weighted by molar-refractivity contribution is 8.14. The Bertz CT molecular complexity index is 1430. The first-order valence-corrected chi connectivity index (χ1v) is 14.7. The largest absolute Gasteiger partial charge is 0.478 e. The van der Waals surface area contributed by atoms with Crippen LogP contribution in [0.25, 0.3) is 11.1 Å². The topological polar surface area (TPSA) is 111 Å². The molecular formula is C31H36FN3O5S. The lowest BCUT2D eigenvalue weighted by Crippen LogP contribution is -2.34. The van der Waals surface area contributed by atoms with Crippen LogP contribution >= 0.6 is 11.8 Å². The van der Waals surface area contributed by atoms with Crippen molar-refractivity contribution in [1.82, 2.24) is 14.9 Å². The van der Waals surface area contributed by atoms with Crippen molar-refractivity contribution in [2.75, 3.05) is 6.61 Å². The highest BCUT2D eigenvalue weighted by Gasteiger charge is 2.33. The molecule has 1 aromatic heterocycles. The van der Waals surface area contributed by atoms with Crippen LogP contribution in [0.5, 0.6) is 6.01 Å². The number of halogens is 1. The van der Waals surface area contributed by atoms with Gasteiger partial charge in [-0.25, -0.2) is 9.18 Å². The van der Waals surface area contributed by atoms with Gasteiger partial charge in [0.15, 0.2) is 5.12 Å². The van der Waals surface area contributed by atoms with E-state index in [1.165, 1.54) is 19.1 Å². The summed E-state index contributed by atoms with van der Waals surface area (Å²) >= 11 is 1.03. The van der Waals surface area contributed by atoms with E-state index in [4.69, 9.17) is 9.72 Å². The van der Waals surface area contributed by atoms with Crippen LogP contribution in [-0.2, 0) is 22.7 Å². The van der Waals surface area contributed by atoms with Gasteiger partial charge in [0.2, 0.25) is 5.91 Å². The summed E-state index contributed by atoms with van der Waals surface area (Å²) in [6.45, 7) is 7.98. The van der Waals surface area contributed by atoms with E-state index in [2.05, 4.69) is 5.32 Å². The Morgan fingerprint density at radius 1 is 1.20 bits per heavy atom. The van der Waals surface area contributed by atoms with Crippen molar-refractivity contribution in [2.45, 2.75) is 71.2 Å². The lowest BCUT2D eigenvalue weighted by molar-refractivity contribution is -0.121. The Labute approximate surface area is 243 Å². The summed E-state index contributed by atoms with van der Waals surface area (Å²) < 4.78 is 23.2. The van der Waals surface area contributed by atoms with Crippen LogP contribution in [0.2, 0.25) is 0 Å². The molecule has 2 aromatic carbocycles. The van der Waals surface area contributed by atoms with Crippen LogP contribution < -0.4 is 10.1 Å². The number of carboxylic acid groups (broad SMARTS) is 1. The Balaban J connectivity index is 1.64. The molecule has 0 unspecified atom stereocenters. The van der Waals surface area contributed by atoms with Gasteiger partial charge < -0.3 is 15.2 Å². The lowest BCUT2D eigenvalue weighted by atomic mass is 9.98. The number of aromatic carboxylic acids is 1. The van der Waals surface area contributed by atoms with Gasteiger partial charge in [0.1, 0.15) is 5.82 Å². The molecule has 1 atom stereocenters. The van der Waals surface area contributed by atoms with E-state index in [9.17, 15) is 19.5 Å². The third-order valence-corrected chi connectivity index (χ3v) is 7.90. The van der Waals surface area contributed by atoms with Gasteiger partial charge in [0, 0.05) is 18.4 Å². The van der Waals surface area contributed by atoms with Crippen LogP contribution in [-0.4, -0.2) is 43.5 Å². The summed E-state index contributed by atoms with van der Waals surface area (Å²) in [5, 5.41) is 11.9. The number of carbonyl (C=O) groups is 3. The molecule has 1 fully saturated rings. The first-order chi connectivity index (χ1) is 19.6. The molecule has 218 valence electrons. The molecule has 0 radical (unpaired) electrons. The fourth-order valence-electron chi connectivity index (χ4n) is 4.81. The minimum Gasteiger partial charge on any atom is -0.478 e. The molecule has 4 rings (SSSR count). The predicted molar refractivity (Wildman–Crippen MR) is 157 cm³/mol. The fraction of sp³-hybridized carbons (Fsp3) is 0.419. The lowest BCUT2D eigenvalue weighted by Gasteiger charge is -2.18. The van der Waals surface area contributed by atoms with Gasteiger partial charge in [-0.15, -0.1) is 0 Å². The molecule has 41 heavy (non-hydrogen) atoms. The van der Waals surface area contributed by atoms with Crippen molar-refractivity contribution in [3.8, 4) is 17.1 Å². The molecule has 1 heterocycles. The third-order valence-electron chi connectivity index (χ3n) is 6.87. The normalized spacial score (nSPS) is 13.7. The zero-order chi connectivity index (χ0) is 29.7. The molecular weight excluding hydrogens is 545 g/mol. The van der Waals surface area contributed by atoms with Crippen LogP contribution in [0.1, 0.15) is 80.2 Å². The highest BCUT2D eigenvalue weighted by atomic mass is 32.2. The summed E-state index contributed by atoms with van der Waals surface area (Å²) in [6, 6.07) is 11.5. The summed E-state index contributed by atoms with van der Waals surface area (Å²) in [4.78, 5) is 41.3. The molecule has 10 heteroatoms. The molecule has 1 amide bonds. The van der Waals surface area contributed by atoms with E-state index in [1.54, 1.807) is 34.9 Å². The maximum absolute atomic E-state index is 15.5. The fourth-order valence-corrected chi connectivity index (χ4v) is 5.88. The summed E-state index contributed by atoms with van der Waals surface area (Å²) in [5.41, 5.74) is 2.95. The van der Waals surface area contributed by atoms with Crippen molar-refractivity contribution in [2.24, 2.45) is 5.92 Å². The second kappa shape index (κ2) is 13.3. The molecule has 0 saturated heterocycles. The zero-order valence-electron chi connectivity index (χ0n) is 23.8. The second-order valence-corrected chi connectivity index (χ2v) is 12.0. The quantitative estimate of drug-likeness (QED) is 0.254. The summed E-state index contributed by atoms with van der Waals surface area (Å²) in [5.74, 6) is -1.31. The van der Waals surface area contributed by atoms with Crippen molar-refractivity contribution >= 4 is 28.8 Å². The minimum absolute atomic E-state index is 0.0960. The van der Waals surface area contributed by atoms with Crippen LogP contribution in [0.15, 0.2) is 42.5 Å². The van der Waals surface area contributed by atoms with E-state index in [1.807, 2.05) is 20.8 Å². The van der Waals surface area contributed by atoms with E-state index < -0.39 is 17.0 Å². The van der Waals surface area contributed by atoms with Crippen LogP contribution in [0.4, 0.5) is 4.39 Å². The maximum atomic E-state index is 15.5. The average Bonchev–Trinajstić information content (AvgIpc) is 3.71. The number of ether oxygens (including phenoxy) is 1. The van der Waals surface area contributed by atoms with Crippen molar-refractivity contribution < 1.29 is 28.6 Å². The number of amides is 1. The highest BCUT2D eigenvalue weighted by Crippen LogP contribution is 2.42. The van der Waals surface area contributed by atoms with Gasteiger partial charge in [-0.3, -0.25) is 14.2 Å². The van der Waals surface area contributed by atoms with E-state index in [-0.39, 0.29) is 41.5 Å². The molecule has 1 saturated carbocycles. The second-order valence-electron chi connectivity index (χ2n) is 10.6. The number of nitrogens with zero attached hydrogens (tertiary/aromatic N) is 2. The van der Waals surface area contributed by atoms with Crippen LogP contribution in [0.3, 0.4) is 0 Å². The van der Waals surface area contributed by atoms with E-state index in [0.29, 0.717) is 35.7 Å². The number of imidazole rings is 1. The summed E-state index contributed by atoms with van der Waals surface area (Å²) in [7, 11) is 0. The molecule has 1 aliphatic rings. The third kappa shape index (κ3) is 7.55. The molecule has 8 nitrogen and oxygen atoms in total. The Morgan fingerprint density at radius 3 is 2.54 bits per heavy atom. The van der Waals surface area contributed by atoms with Gasteiger partial charge >= 0.3 is 5.97 Å². The standard InChI is InChI=1S/C31H36FN3O5S/c1-5-40-31-34-28(20-10-11-20)26(16-33-29(37)27(14-18(2)3)41-19(4)36)35(31)17-22-13-12-21(15-25(22)32)23-8-6-7-9-24(23)30(38)39/h6-9,12-13,15,18,20,27H,5,10-11,14,16-17H2,1-4H3,(H,33,37)(H,38,39)/t27-/m0/s1. The Hall–Kier alpha value is -3.66. The molecule has 0 aliphatic heterocycles. The number of aromatic nitrogens is 2. The Kier molecular flexibility index (Phi) is 9.86. The smallest absolute Gasteiger partial charge is 0.336 e. The zero-order valence-corrected chi connectivity index (χ0v) is 24.6. The SMILES string of the molecule is CCOc1nc(C2CC2)c(CNC(=O)[C@H](CC(C)C)SC(C)=O)n1Cc1ccc(-c2ccccc2C(=O)O)cc1F. The molecule has 3 aromatic rings. The first kappa shape index (κ1) is 30.3. The first-order valence-electron chi connectivity index (χ1n) is 13.9. The number of carbonyl (C=O) groups excluding carboxylic acids is 2. The van der Waals surface area contributed by atoms with E-state index in [0.717, 1.165) is 36.0 Å². The summed E-state index contributed by atoms with van der Waals surface area (Å²) in [6.07, 6.45) is 2.52. The number of hydrogen-bond acceptors (Lipinski definition) is 6. The number of nitrogens with one attached hydrogen (secondary N) is 1. The van der Waals surface area contributed by atoms with E-state index >= 15 is 4.39 Å². The van der Waals surface area contributed by atoms with Gasteiger partial charge in [-0.1, -0.05) is 55.9 Å². The van der Waals surface area contributed by atoms with Crippen molar-refractivity contribution in [1.29, 1.82) is 0 Å². The Morgan fingerprint density at radius 2 is 1.93 bits per heavy atom. The van der Waals surface area contributed by atoms with Crippen molar-refractivity contribution in [3.05, 3.63) is 70.8 Å². The average molecular weight is 582 g/mol. The van der Waals surface area contributed by atoms with Crippen LogP contribution in [0, 0.1) is 11.7 Å². The number of rotatable bonds is 13. The maximum Gasteiger partial charge on any atom is 0.336 e. The van der Waals surface area contributed by atoms with Gasteiger partial charge in [0.25, 0.3) is 6.01 Å². The number of hydrogen-bond donors (Lipinski definition) is 2. The van der Waals surface area contributed by atoms with Crippen molar-refractivity contribution in [3.63, 3.8) is 0 Å². The molecule has 2 N–H and O–H groups in total. The molecule has 0 spiro atoms. The number of carboxylic acids is 1.